The molecule has 0 unspecified atom stereocenters. The van der Waals surface area contributed by atoms with Crippen LogP contribution in [0, 0.1) is 0 Å². The SMILES string of the molecule is C[C@H](NC(=O)N(S)c1ccc(C(N)=O)c(C(F)(F)F)c1)c1ccc(Br)cc1. The lowest BCUT2D eigenvalue weighted by atomic mass is 10.1. The number of carbonyl (C=O) groups is 2. The quantitative estimate of drug-likeness (QED) is 0.577. The largest absolute Gasteiger partial charge is 0.417 e. The lowest BCUT2D eigenvalue weighted by Gasteiger charge is -2.22. The number of nitrogens with zero attached hydrogens (tertiary/aromatic N) is 1. The molecule has 0 bridgehead atoms. The number of nitrogens with two attached hydrogens (primary N) is 1. The van der Waals surface area contributed by atoms with Crippen LogP contribution in [0.2, 0.25) is 0 Å². The molecule has 1 atom stereocenters. The third-order valence-corrected chi connectivity index (χ3v) is 4.66. The first-order valence-electron chi connectivity index (χ1n) is 7.56. The number of carbonyl (C=O) groups excluding carboxylic acids is 2. The van der Waals surface area contributed by atoms with Crippen LogP contribution < -0.4 is 15.4 Å². The highest BCUT2D eigenvalue weighted by molar-refractivity contribution is 9.10. The molecule has 2 rings (SSSR count). The normalized spacial score (nSPS) is 12.4. The van der Waals surface area contributed by atoms with Gasteiger partial charge in [-0.05, 0) is 42.8 Å². The van der Waals surface area contributed by atoms with Crippen molar-refractivity contribution < 1.29 is 22.8 Å². The Hall–Kier alpha value is -2.20. The standard InChI is InChI=1S/C17H15BrF3N3O2S/c1-9(10-2-4-11(18)5-3-10)23-16(26)24(27)12-6-7-13(15(22)25)14(8-12)17(19,20)21/h2-9,27H,1H3,(H2,22,25)(H,23,26)/t9-/m0/s1. The smallest absolute Gasteiger partial charge is 0.366 e. The third kappa shape index (κ3) is 5.16. The van der Waals surface area contributed by atoms with Gasteiger partial charge in [-0.15, -0.1) is 0 Å². The molecule has 10 heteroatoms. The van der Waals surface area contributed by atoms with E-state index in [-0.39, 0.29) is 5.69 Å². The number of amides is 3. The summed E-state index contributed by atoms with van der Waals surface area (Å²) in [6.45, 7) is 1.72. The molecule has 3 amide bonds. The minimum atomic E-state index is -4.81. The Labute approximate surface area is 167 Å². The number of hydrogen-bond donors (Lipinski definition) is 3. The average molecular weight is 462 g/mol. The first-order valence-corrected chi connectivity index (χ1v) is 8.76. The summed E-state index contributed by atoms with van der Waals surface area (Å²) in [7, 11) is 0. The van der Waals surface area contributed by atoms with Crippen LogP contribution in [0.5, 0.6) is 0 Å². The van der Waals surface area contributed by atoms with E-state index in [2.05, 4.69) is 34.1 Å². The predicted molar refractivity (Wildman–Crippen MR) is 103 cm³/mol. The Balaban J connectivity index is 2.23. The van der Waals surface area contributed by atoms with Crippen molar-refractivity contribution in [2.24, 2.45) is 5.73 Å². The Morgan fingerprint density at radius 1 is 1.19 bits per heavy atom. The Bertz CT molecular complexity index is 859. The van der Waals surface area contributed by atoms with E-state index in [0.29, 0.717) is 6.07 Å². The maximum atomic E-state index is 13.2. The Morgan fingerprint density at radius 3 is 2.30 bits per heavy atom. The topological polar surface area (TPSA) is 75.4 Å². The average Bonchev–Trinajstić information content (AvgIpc) is 2.60. The number of nitrogens with one attached hydrogen (secondary N) is 1. The van der Waals surface area contributed by atoms with Crippen LogP contribution in [0.1, 0.15) is 34.5 Å². The van der Waals surface area contributed by atoms with Gasteiger partial charge in [0.2, 0.25) is 5.91 Å². The molecular formula is C17H15BrF3N3O2S. The molecule has 2 aromatic rings. The zero-order valence-electron chi connectivity index (χ0n) is 13.9. The molecule has 0 saturated carbocycles. The van der Waals surface area contributed by atoms with E-state index in [1.165, 1.54) is 0 Å². The van der Waals surface area contributed by atoms with Gasteiger partial charge >= 0.3 is 12.2 Å². The van der Waals surface area contributed by atoms with Gasteiger partial charge in [-0.3, -0.25) is 4.79 Å². The fourth-order valence-corrected chi connectivity index (χ4v) is 2.76. The van der Waals surface area contributed by atoms with Crippen LogP contribution >= 0.6 is 28.7 Å². The molecule has 144 valence electrons. The van der Waals surface area contributed by atoms with Gasteiger partial charge in [-0.25, -0.2) is 9.10 Å². The van der Waals surface area contributed by atoms with Gasteiger partial charge in [0.15, 0.2) is 0 Å². The molecule has 5 nitrogen and oxygen atoms in total. The van der Waals surface area contributed by atoms with Crippen molar-refractivity contribution in [3.63, 3.8) is 0 Å². The minimum Gasteiger partial charge on any atom is -0.366 e. The maximum absolute atomic E-state index is 13.2. The van der Waals surface area contributed by atoms with E-state index in [4.69, 9.17) is 5.73 Å². The van der Waals surface area contributed by atoms with Gasteiger partial charge < -0.3 is 11.1 Å². The second kappa shape index (κ2) is 8.22. The number of rotatable bonds is 4. The fourth-order valence-electron chi connectivity index (χ4n) is 2.31. The zero-order chi connectivity index (χ0) is 20.4. The summed E-state index contributed by atoms with van der Waals surface area (Å²) in [4.78, 5) is 23.5. The van der Waals surface area contributed by atoms with Crippen LogP contribution in [0.25, 0.3) is 0 Å². The maximum Gasteiger partial charge on any atom is 0.417 e. The lowest BCUT2D eigenvalue weighted by molar-refractivity contribution is -0.137. The zero-order valence-corrected chi connectivity index (χ0v) is 16.4. The van der Waals surface area contributed by atoms with Gasteiger partial charge in [-0.1, -0.05) is 40.9 Å². The summed E-state index contributed by atoms with van der Waals surface area (Å²) in [5.41, 5.74) is 3.71. The van der Waals surface area contributed by atoms with Crippen molar-refractivity contribution in [3.05, 3.63) is 63.6 Å². The van der Waals surface area contributed by atoms with Crippen molar-refractivity contribution in [1.29, 1.82) is 0 Å². The summed E-state index contributed by atoms with van der Waals surface area (Å²) in [5, 5.41) is 2.63. The van der Waals surface area contributed by atoms with Crippen molar-refractivity contribution in [3.8, 4) is 0 Å². The molecule has 2 aromatic carbocycles. The number of primary amides is 1. The molecule has 0 saturated heterocycles. The van der Waals surface area contributed by atoms with E-state index in [9.17, 15) is 22.8 Å². The minimum absolute atomic E-state index is 0.156. The van der Waals surface area contributed by atoms with Crippen LogP contribution in [0.3, 0.4) is 0 Å². The third-order valence-electron chi connectivity index (χ3n) is 3.72. The molecular weight excluding hydrogens is 447 g/mol. The predicted octanol–water partition coefficient (Wildman–Crippen LogP) is 4.69. The number of urea groups is 1. The summed E-state index contributed by atoms with van der Waals surface area (Å²) >= 11 is 7.28. The monoisotopic (exact) mass is 461 g/mol. The second-order valence-corrected chi connectivity index (χ2v) is 6.94. The van der Waals surface area contributed by atoms with Crippen molar-refractivity contribution in [2.75, 3.05) is 4.31 Å². The van der Waals surface area contributed by atoms with E-state index < -0.39 is 35.3 Å². The van der Waals surface area contributed by atoms with E-state index in [0.717, 1.165) is 26.5 Å². The molecule has 27 heavy (non-hydrogen) atoms. The molecule has 0 spiro atoms. The number of anilines is 1. The number of benzene rings is 2. The molecule has 0 aliphatic carbocycles. The van der Waals surface area contributed by atoms with E-state index in [1.807, 2.05) is 0 Å². The van der Waals surface area contributed by atoms with Gasteiger partial charge in [0.25, 0.3) is 0 Å². The second-order valence-electron chi connectivity index (χ2n) is 5.63. The van der Waals surface area contributed by atoms with Gasteiger partial charge in [0.05, 0.1) is 22.9 Å². The first-order chi connectivity index (χ1) is 12.5. The van der Waals surface area contributed by atoms with Crippen LogP contribution in [-0.2, 0) is 6.18 Å². The molecule has 0 fully saturated rings. The highest BCUT2D eigenvalue weighted by atomic mass is 79.9. The first kappa shape index (κ1) is 21.1. The Kier molecular flexibility index (Phi) is 6.42. The lowest BCUT2D eigenvalue weighted by Crippen LogP contribution is -2.36. The summed E-state index contributed by atoms with van der Waals surface area (Å²) in [6.07, 6.45) is -4.81. The molecule has 0 aliphatic heterocycles. The van der Waals surface area contributed by atoms with Gasteiger partial charge in [0.1, 0.15) is 0 Å². The van der Waals surface area contributed by atoms with E-state index in [1.54, 1.807) is 31.2 Å². The van der Waals surface area contributed by atoms with Crippen molar-refractivity contribution >= 4 is 46.4 Å². The van der Waals surface area contributed by atoms with E-state index >= 15 is 0 Å². The fraction of sp³-hybridized carbons (Fsp3) is 0.176. The molecule has 0 aliphatic rings. The van der Waals surface area contributed by atoms with Crippen molar-refractivity contribution in [2.45, 2.75) is 19.1 Å². The molecule has 0 heterocycles. The van der Waals surface area contributed by atoms with Crippen LogP contribution in [-0.4, -0.2) is 11.9 Å². The van der Waals surface area contributed by atoms with Crippen molar-refractivity contribution in [1.82, 2.24) is 5.32 Å². The number of thiol groups is 1. The van der Waals surface area contributed by atoms with Crippen LogP contribution in [0.4, 0.5) is 23.7 Å². The van der Waals surface area contributed by atoms with Crippen LogP contribution in [0.15, 0.2) is 46.9 Å². The number of hydrogen-bond acceptors (Lipinski definition) is 3. The molecule has 3 N–H and O–H groups in total. The van der Waals surface area contributed by atoms with Gasteiger partial charge in [0, 0.05) is 4.47 Å². The summed E-state index contributed by atoms with van der Waals surface area (Å²) in [6, 6.07) is 8.77. The highest BCUT2D eigenvalue weighted by Crippen LogP contribution is 2.35. The summed E-state index contributed by atoms with van der Waals surface area (Å²) < 4.78 is 41.1. The number of halogens is 4. The molecule has 0 radical (unpaired) electrons. The number of alkyl halides is 3. The Morgan fingerprint density at radius 2 is 1.78 bits per heavy atom. The highest BCUT2D eigenvalue weighted by Gasteiger charge is 2.35. The summed E-state index contributed by atoms with van der Waals surface area (Å²) in [5.74, 6) is -1.21. The molecule has 0 aromatic heterocycles. The van der Waals surface area contributed by atoms with Gasteiger partial charge in [-0.2, -0.15) is 13.2 Å².